The normalized spacial score (nSPS) is 16.8. The Bertz CT molecular complexity index is 898. The molecule has 144 valence electrons. The second kappa shape index (κ2) is 8.13. The molecule has 2 amide bonds. The monoisotopic (exact) mass is 377 g/mol. The quantitative estimate of drug-likeness (QED) is 0.820. The zero-order chi connectivity index (χ0) is 20.3. The summed E-state index contributed by atoms with van der Waals surface area (Å²) in [5, 5.41) is 8.91. The van der Waals surface area contributed by atoms with E-state index in [1.165, 1.54) is 0 Å². The summed E-state index contributed by atoms with van der Waals surface area (Å²) in [6.07, 6.45) is 0.0643. The molecular weight excluding hydrogens is 354 g/mol. The number of amides is 2. The summed E-state index contributed by atoms with van der Waals surface area (Å²) in [4.78, 5) is 28.8. The number of ether oxygens (including phenoxy) is 1. The molecule has 2 aromatic rings. The summed E-state index contributed by atoms with van der Waals surface area (Å²) >= 11 is 0. The van der Waals surface area contributed by atoms with E-state index >= 15 is 0 Å². The molecule has 1 fully saturated rings. The van der Waals surface area contributed by atoms with Crippen LogP contribution in [0.4, 0.5) is 5.69 Å². The molecule has 0 saturated carbocycles. The Labute approximate surface area is 164 Å². The Morgan fingerprint density at radius 1 is 1.14 bits per heavy atom. The molecule has 2 aromatic carbocycles. The molecule has 28 heavy (non-hydrogen) atoms. The number of carbonyl (C=O) groups excluding carboxylic acids is 2. The van der Waals surface area contributed by atoms with Crippen molar-refractivity contribution in [3.05, 3.63) is 59.7 Å². The maximum Gasteiger partial charge on any atom is 0.254 e. The lowest BCUT2D eigenvalue weighted by atomic mass is 10.1. The summed E-state index contributed by atoms with van der Waals surface area (Å²) in [5.41, 5.74) is 1.81. The zero-order valence-corrected chi connectivity index (χ0v) is 16.3. The van der Waals surface area contributed by atoms with Gasteiger partial charge in [-0.25, -0.2) is 0 Å². The van der Waals surface area contributed by atoms with Crippen LogP contribution < -0.4 is 9.64 Å². The first-order valence-corrected chi connectivity index (χ1v) is 9.27. The van der Waals surface area contributed by atoms with Gasteiger partial charge in [0.1, 0.15) is 12.3 Å². The number of hydrogen-bond donors (Lipinski definition) is 0. The average Bonchev–Trinajstić information content (AvgIpc) is 2.69. The molecule has 0 bridgehead atoms. The molecule has 0 radical (unpaired) electrons. The molecular formula is C22H23N3O3. The third-order valence-corrected chi connectivity index (χ3v) is 4.63. The molecule has 0 N–H and O–H groups in total. The van der Waals surface area contributed by atoms with Crippen molar-refractivity contribution >= 4 is 17.5 Å². The first-order chi connectivity index (χ1) is 13.4. The van der Waals surface area contributed by atoms with E-state index in [9.17, 15) is 9.59 Å². The van der Waals surface area contributed by atoms with Crippen LogP contribution in [0.5, 0.6) is 5.75 Å². The highest BCUT2D eigenvalue weighted by molar-refractivity contribution is 6.02. The highest BCUT2D eigenvalue weighted by Crippen LogP contribution is 2.23. The van der Waals surface area contributed by atoms with E-state index in [1.807, 2.05) is 20.8 Å². The fourth-order valence-corrected chi connectivity index (χ4v) is 3.20. The van der Waals surface area contributed by atoms with E-state index in [2.05, 4.69) is 6.07 Å². The van der Waals surface area contributed by atoms with Gasteiger partial charge in [0, 0.05) is 23.8 Å². The molecule has 0 aromatic heterocycles. The molecule has 1 aliphatic rings. The van der Waals surface area contributed by atoms with Crippen molar-refractivity contribution in [3.8, 4) is 11.8 Å². The Hall–Kier alpha value is -3.33. The average molecular weight is 377 g/mol. The highest BCUT2D eigenvalue weighted by atomic mass is 16.5. The van der Waals surface area contributed by atoms with E-state index in [0.717, 1.165) is 5.69 Å². The minimum atomic E-state index is -0.170. The summed E-state index contributed by atoms with van der Waals surface area (Å²) in [6, 6.07) is 15.8. The molecule has 6 heteroatoms. The van der Waals surface area contributed by atoms with Crippen LogP contribution >= 0.6 is 0 Å². The van der Waals surface area contributed by atoms with Gasteiger partial charge in [-0.05, 0) is 69.3 Å². The van der Waals surface area contributed by atoms with Gasteiger partial charge in [-0.3, -0.25) is 9.59 Å². The van der Waals surface area contributed by atoms with Crippen molar-refractivity contribution in [1.82, 2.24) is 4.90 Å². The number of benzene rings is 2. The van der Waals surface area contributed by atoms with Gasteiger partial charge >= 0.3 is 0 Å². The largest absolute Gasteiger partial charge is 0.491 e. The second-order valence-electron chi connectivity index (χ2n) is 7.14. The summed E-state index contributed by atoms with van der Waals surface area (Å²) in [7, 11) is 0. The van der Waals surface area contributed by atoms with Crippen molar-refractivity contribution in [1.29, 1.82) is 5.26 Å². The van der Waals surface area contributed by atoms with Gasteiger partial charge in [0.2, 0.25) is 5.91 Å². The lowest BCUT2D eigenvalue weighted by molar-refractivity contribution is -0.121. The van der Waals surface area contributed by atoms with Gasteiger partial charge in [0.25, 0.3) is 5.91 Å². The SMILES string of the molecule is CC(C)Oc1ccc(C(=O)N2CC(=O)N(c3ccc(C#N)cc3)C[C@@H]2C)cc1. The lowest BCUT2D eigenvalue weighted by Crippen LogP contribution is -2.57. The lowest BCUT2D eigenvalue weighted by Gasteiger charge is -2.39. The van der Waals surface area contributed by atoms with Crippen molar-refractivity contribution in [2.24, 2.45) is 0 Å². The van der Waals surface area contributed by atoms with E-state index in [0.29, 0.717) is 23.4 Å². The van der Waals surface area contributed by atoms with Crippen LogP contribution in [0.1, 0.15) is 36.7 Å². The fraction of sp³-hybridized carbons (Fsp3) is 0.318. The molecule has 3 rings (SSSR count). The van der Waals surface area contributed by atoms with Gasteiger partial charge in [-0.1, -0.05) is 0 Å². The molecule has 1 saturated heterocycles. The predicted molar refractivity (Wildman–Crippen MR) is 106 cm³/mol. The number of hydrogen-bond acceptors (Lipinski definition) is 4. The number of nitrogens with zero attached hydrogens (tertiary/aromatic N) is 3. The minimum absolute atomic E-state index is 0.0181. The molecule has 1 heterocycles. The molecule has 0 aliphatic carbocycles. The fourth-order valence-electron chi connectivity index (χ4n) is 3.20. The standard InChI is InChI=1S/C22H23N3O3/c1-15(2)28-20-10-6-18(7-11-20)22(27)24-14-21(26)25(13-16(24)3)19-8-4-17(12-23)5-9-19/h4-11,15-16H,13-14H2,1-3H3/t16-/m0/s1. The van der Waals surface area contributed by atoms with E-state index in [1.54, 1.807) is 58.3 Å². The number of carbonyl (C=O) groups is 2. The summed E-state index contributed by atoms with van der Waals surface area (Å²) in [5.74, 6) is 0.397. The second-order valence-corrected chi connectivity index (χ2v) is 7.14. The first-order valence-electron chi connectivity index (χ1n) is 9.27. The van der Waals surface area contributed by atoms with Crippen molar-refractivity contribution < 1.29 is 14.3 Å². The third-order valence-electron chi connectivity index (χ3n) is 4.63. The molecule has 1 aliphatic heterocycles. The molecule has 0 spiro atoms. The first kappa shape index (κ1) is 19.4. The predicted octanol–water partition coefficient (Wildman–Crippen LogP) is 3.22. The smallest absolute Gasteiger partial charge is 0.254 e. The number of anilines is 1. The third kappa shape index (κ3) is 4.15. The van der Waals surface area contributed by atoms with Gasteiger partial charge in [0.15, 0.2) is 0 Å². The van der Waals surface area contributed by atoms with E-state index < -0.39 is 0 Å². The molecule has 1 atom stereocenters. The Morgan fingerprint density at radius 2 is 1.79 bits per heavy atom. The summed E-state index contributed by atoms with van der Waals surface area (Å²) < 4.78 is 5.61. The summed E-state index contributed by atoms with van der Waals surface area (Å²) in [6.45, 7) is 6.24. The van der Waals surface area contributed by atoms with E-state index in [4.69, 9.17) is 10.00 Å². The van der Waals surface area contributed by atoms with Gasteiger partial charge < -0.3 is 14.5 Å². The highest BCUT2D eigenvalue weighted by Gasteiger charge is 2.33. The maximum atomic E-state index is 12.9. The topological polar surface area (TPSA) is 73.6 Å². The Morgan fingerprint density at radius 3 is 2.36 bits per heavy atom. The maximum absolute atomic E-state index is 12.9. The Kier molecular flexibility index (Phi) is 5.65. The molecule has 6 nitrogen and oxygen atoms in total. The van der Waals surface area contributed by atoms with Crippen LogP contribution in [0.15, 0.2) is 48.5 Å². The van der Waals surface area contributed by atoms with Gasteiger partial charge in [-0.15, -0.1) is 0 Å². The van der Waals surface area contributed by atoms with Crippen LogP contribution in [0.3, 0.4) is 0 Å². The van der Waals surface area contributed by atoms with Crippen LogP contribution in [0, 0.1) is 11.3 Å². The molecule has 0 unspecified atom stereocenters. The van der Waals surface area contributed by atoms with Crippen molar-refractivity contribution in [2.45, 2.75) is 32.9 Å². The number of piperazine rings is 1. The zero-order valence-electron chi connectivity index (χ0n) is 16.3. The Balaban J connectivity index is 1.72. The van der Waals surface area contributed by atoms with Crippen LogP contribution in [-0.2, 0) is 4.79 Å². The van der Waals surface area contributed by atoms with Gasteiger partial charge in [0.05, 0.1) is 17.7 Å². The number of nitriles is 1. The van der Waals surface area contributed by atoms with Crippen LogP contribution in [0.2, 0.25) is 0 Å². The minimum Gasteiger partial charge on any atom is -0.491 e. The van der Waals surface area contributed by atoms with Crippen LogP contribution in [-0.4, -0.2) is 41.9 Å². The van der Waals surface area contributed by atoms with Gasteiger partial charge in [-0.2, -0.15) is 5.26 Å². The van der Waals surface area contributed by atoms with Crippen molar-refractivity contribution in [2.75, 3.05) is 18.0 Å². The number of rotatable bonds is 4. The van der Waals surface area contributed by atoms with Crippen molar-refractivity contribution in [3.63, 3.8) is 0 Å². The van der Waals surface area contributed by atoms with Crippen LogP contribution in [0.25, 0.3) is 0 Å². The van der Waals surface area contributed by atoms with E-state index in [-0.39, 0.29) is 30.5 Å².